The molecule has 0 bridgehead atoms. The molecule has 154 valence electrons. The lowest BCUT2D eigenvalue weighted by Gasteiger charge is -2.22. The number of fused-ring (bicyclic) bond motifs is 2. The van der Waals surface area contributed by atoms with Crippen LogP contribution in [0.25, 0.3) is 11.0 Å². The zero-order chi connectivity index (χ0) is 21.9. The summed E-state index contributed by atoms with van der Waals surface area (Å²) in [5.74, 6) is -0.640. The summed E-state index contributed by atoms with van der Waals surface area (Å²) in [7, 11) is 0. The van der Waals surface area contributed by atoms with E-state index < -0.39 is 22.3 Å². The van der Waals surface area contributed by atoms with Gasteiger partial charge in [0.1, 0.15) is 5.58 Å². The van der Waals surface area contributed by atoms with E-state index in [9.17, 15) is 19.7 Å². The van der Waals surface area contributed by atoms with E-state index in [1.807, 2.05) is 0 Å². The van der Waals surface area contributed by atoms with Crippen LogP contribution in [0.4, 0.5) is 10.8 Å². The third kappa shape index (κ3) is 2.93. The van der Waals surface area contributed by atoms with Gasteiger partial charge in [-0.15, -0.1) is 11.3 Å². The Bertz CT molecular complexity index is 1450. The molecule has 1 aliphatic heterocycles. The number of halogens is 1. The number of anilines is 1. The van der Waals surface area contributed by atoms with Crippen molar-refractivity contribution in [1.29, 1.82) is 0 Å². The maximum Gasteiger partial charge on any atom is 0.297 e. The van der Waals surface area contributed by atoms with Gasteiger partial charge in [0.05, 0.1) is 21.9 Å². The highest BCUT2D eigenvalue weighted by atomic mass is 35.5. The third-order valence-electron chi connectivity index (χ3n) is 5.17. The van der Waals surface area contributed by atoms with Gasteiger partial charge in [0, 0.05) is 28.7 Å². The molecular formula is C21H12ClN3O5S. The van der Waals surface area contributed by atoms with Gasteiger partial charge in [-0.2, -0.15) is 0 Å². The molecule has 1 atom stereocenters. The first-order chi connectivity index (χ1) is 14.9. The Hall–Kier alpha value is -3.56. The minimum atomic E-state index is -0.922. The molecule has 2 aromatic heterocycles. The lowest BCUT2D eigenvalue weighted by atomic mass is 9.98. The number of aryl methyl sites for hydroxylation is 1. The number of carbonyl (C=O) groups is 1. The molecule has 2 aromatic carbocycles. The molecule has 1 unspecified atom stereocenters. The van der Waals surface area contributed by atoms with Crippen molar-refractivity contribution in [3.8, 4) is 0 Å². The monoisotopic (exact) mass is 453 g/mol. The maximum absolute atomic E-state index is 13.5. The number of nitrogens with zero attached hydrogens (tertiary/aromatic N) is 3. The van der Waals surface area contributed by atoms with Crippen molar-refractivity contribution in [3.63, 3.8) is 0 Å². The smallest absolute Gasteiger partial charge is 0.297 e. The number of thiazole rings is 1. The number of hydrogen-bond acceptors (Lipinski definition) is 7. The standard InChI is InChI=1S/C21H12ClN3O5S/c1-10-7-15-13(9-14(10)22)18(26)16-17(11-3-2-4-12(8-11)25(28)29)24(20(27)19(16)30-15)21-23-5-6-31-21/h2-9,17H,1H3. The fourth-order valence-corrected chi connectivity index (χ4v) is 4.58. The van der Waals surface area contributed by atoms with Gasteiger partial charge in [-0.05, 0) is 30.2 Å². The van der Waals surface area contributed by atoms with Crippen LogP contribution in [0.1, 0.15) is 33.3 Å². The van der Waals surface area contributed by atoms with Crippen LogP contribution >= 0.6 is 22.9 Å². The number of rotatable bonds is 3. The number of nitro groups is 1. The summed E-state index contributed by atoms with van der Waals surface area (Å²) in [5, 5.41) is 14.0. The number of aromatic nitrogens is 1. The molecule has 0 aliphatic carbocycles. The average Bonchev–Trinajstić information content (AvgIpc) is 3.36. The number of hydrogen-bond donors (Lipinski definition) is 0. The Morgan fingerprint density at radius 2 is 2.06 bits per heavy atom. The van der Waals surface area contributed by atoms with Gasteiger partial charge in [-0.25, -0.2) is 4.98 Å². The molecule has 0 radical (unpaired) electrons. The van der Waals surface area contributed by atoms with Gasteiger partial charge in [-0.3, -0.25) is 24.6 Å². The molecule has 4 aromatic rings. The topological polar surface area (TPSA) is 107 Å². The molecule has 31 heavy (non-hydrogen) atoms. The van der Waals surface area contributed by atoms with Crippen molar-refractivity contribution in [2.75, 3.05) is 4.90 Å². The number of nitro benzene ring substituents is 1. The molecular weight excluding hydrogens is 442 g/mol. The van der Waals surface area contributed by atoms with E-state index in [1.54, 1.807) is 24.4 Å². The van der Waals surface area contributed by atoms with Gasteiger partial charge < -0.3 is 4.42 Å². The van der Waals surface area contributed by atoms with Crippen molar-refractivity contribution < 1.29 is 14.1 Å². The van der Waals surface area contributed by atoms with Crippen LogP contribution in [0.5, 0.6) is 0 Å². The number of non-ortho nitro benzene ring substituents is 1. The lowest BCUT2D eigenvalue weighted by molar-refractivity contribution is -0.384. The Morgan fingerprint density at radius 1 is 1.26 bits per heavy atom. The summed E-state index contributed by atoms with van der Waals surface area (Å²) in [6, 6.07) is 8.04. The molecule has 10 heteroatoms. The van der Waals surface area contributed by atoms with E-state index in [0.717, 1.165) is 0 Å². The summed E-state index contributed by atoms with van der Waals surface area (Å²) in [6.07, 6.45) is 1.54. The second-order valence-electron chi connectivity index (χ2n) is 7.02. The largest absolute Gasteiger partial charge is 0.450 e. The first kappa shape index (κ1) is 19.4. The summed E-state index contributed by atoms with van der Waals surface area (Å²) in [5.41, 5.74) is 0.894. The highest BCUT2D eigenvalue weighted by molar-refractivity contribution is 7.13. The molecule has 3 heterocycles. The first-order valence-electron chi connectivity index (χ1n) is 9.11. The molecule has 8 nitrogen and oxygen atoms in total. The highest BCUT2D eigenvalue weighted by Crippen LogP contribution is 2.42. The minimum Gasteiger partial charge on any atom is -0.450 e. The molecule has 0 saturated heterocycles. The molecule has 5 rings (SSSR count). The average molecular weight is 454 g/mol. The predicted molar refractivity (Wildman–Crippen MR) is 116 cm³/mol. The second kappa shape index (κ2) is 7.00. The normalized spacial score (nSPS) is 15.5. The van der Waals surface area contributed by atoms with Crippen molar-refractivity contribution in [2.45, 2.75) is 13.0 Å². The molecule has 0 spiro atoms. The van der Waals surface area contributed by atoms with Crippen molar-refractivity contribution in [1.82, 2.24) is 4.98 Å². The Kier molecular flexibility index (Phi) is 4.38. The van der Waals surface area contributed by atoms with E-state index in [0.29, 0.717) is 21.3 Å². The number of carbonyl (C=O) groups excluding carboxylic acids is 1. The number of amides is 1. The van der Waals surface area contributed by atoms with Crippen LogP contribution in [0.2, 0.25) is 5.02 Å². The van der Waals surface area contributed by atoms with E-state index >= 15 is 0 Å². The summed E-state index contributed by atoms with van der Waals surface area (Å²) in [4.78, 5) is 43.2. The molecule has 0 fully saturated rings. The second-order valence-corrected chi connectivity index (χ2v) is 8.30. The van der Waals surface area contributed by atoms with Crippen LogP contribution in [-0.4, -0.2) is 15.8 Å². The van der Waals surface area contributed by atoms with Crippen LogP contribution in [0, 0.1) is 17.0 Å². The summed E-state index contributed by atoms with van der Waals surface area (Å²) >= 11 is 7.43. The van der Waals surface area contributed by atoms with Gasteiger partial charge in [0.25, 0.3) is 11.6 Å². The molecule has 1 amide bonds. The van der Waals surface area contributed by atoms with Crippen molar-refractivity contribution in [2.24, 2.45) is 0 Å². The Labute approximate surface area is 183 Å². The van der Waals surface area contributed by atoms with Crippen molar-refractivity contribution >= 4 is 50.6 Å². The SMILES string of the molecule is Cc1cc2oc3c(c(=O)c2cc1Cl)C(c1cccc([N+](=O)[O-])c1)N(c1nccs1)C3=O. The predicted octanol–water partition coefficient (Wildman–Crippen LogP) is 4.87. The summed E-state index contributed by atoms with van der Waals surface area (Å²) < 4.78 is 5.88. The number of benzene rings is 2. The molecule has 0 N–H and O–H groups in total. The Balaban J connectivity index is 1.84. The van der Waals surface area contributed by atoms with Crippen LogP contribution < -0.4 is 10.3 Å². The van der Waals surface area contributed by atoms with Gasteiger partial charge >= 0.3 is 0 Å². The molecule has 1 aliphatic rings. The summed E-state index contributed by atoms with van der Waals surface area (Å²) in [6.45, 7) is 1.77. The van der Waals surface area contributed by atoms with Crippen molar-refractivity contribution in [3.05, 3.63) is 95.8 Å². The lowest BCUT2D eigenvalue weighted by Crippen LogP contribution is -2.29. The zero-order valence-electron chi connectivity index (χ0n) is 15.9. The van der Waals surface area contributed by atoms with Gasteiger partial charge in [-0.1, -0.05) is 23.7 Å². The van der Waals surface area contributed by atoms with Gasteiger partial charge in [0.15, 0.2) is 10.6 Å². The zero-order valence-corrected chi connectivity index (χ0v) is 17.4. The fourth-order valence-electron chi connectivity index (χ4n) is 3.75. The minimum absolute atomic E-state index is 0.105. The third-order valence-corrected chi connectivity index (χ3v) is 6.35. The fraction of sp³-hybridized carbons (Fsp3) is 0.0952. The van der Waals surface area contributed by atoms with Crippen LogP contribution in [0.3, 0.4) is 0 Å². The van der Waals surface area contributed by atoms with Crippen LogP contribution in [0.15, 0.2) is 57.2 Å². The van der Waals surface area contributed by atoms with E-state index in [4.69, 9.17) is 16.0 Å². The van der Waals surface area contributed by atoms with Gasteiger partial charge in [0.2, 0.25) is 5.76 Å². The van der Waals surface area contributed by atoms with Crippen LogP contribution in [-0.2, 0) is 0 Å². The quantitative estimate of drug-likeness (QED) is 0.323. The highest BCUT2D eigenvalue weighted by Gasteiger charge is 2.45. The van der Waals surface area contributed by atoms with E-state index in [1.165, 1.54) is 46.7 Å². The Morgan fingerprint density at radius 3 is 2.77 bits per heavy atom. The molecule has 0 saturated carbocycles. The first-order valence-corrected chi connectivity index (χ1v) is 10.4. The van der Waals surface area contributed by atoms with E-state index in [-0.39, 0.29) is 28.0 Å². The van der Waals surface area contributed by atoms with E-state index in [2.05, 4.69) is 4.98 Å². The maximum atomic E-state index is 13.5.